The summed E-state index contributed by atoms with van der Waals surface area (Å²) < 4.78 is 5.46. The van der Waals surface area contributed by atoms with E-state index in [-0.39, 0.29) is 18.7 Å². The van der Waals surface area contributed by atoms with Gasteiger partial charge in [0, 0.05) is 6.04 Å². The maximum atomic E-state index is 11.7. The smallest absolute Gasteiger partial charge is 0.305 e. The number of halogens is 1. The molecule has 0 aromatic carbocycles. The molecule has 0 aliphatic rings. The average Bonchev–Trinajstić information content (AvgIpc) is 2.82. The topological polar surface area (TPSA) is 109 Å². The van der Waals surface area contributed by atoms with Crippen molar-refractivity contribution in [2.24, 2.45) is 0 Å². The van der Waals surface area contributed by atoms with Gasteiger partial charge in [0.15, 0.2) is 10.4 Å². The van der Waals surface area contributed by atoms with Crippen molar-refractivity contribution in [3.05, 3.63) is 22.6 Å². The van der Waals surface area contributed by atoms with Gasteiger partial charge in [-0.15, -0.1) is 0 Å². The number of carbonyl (C=O) groups is 3. The van der Waals surface area contributed by atoms with Crippen LogP contribution in [0.1, 0.15) is 36.7 Å². The summed E-state index contributed by atoms with van der Waals surface area (Å²) in [5.74, 6) is -1.83. The number of amides is 2. The first-order valence-corrected chi connectivity index (χ1v) is 7.26. The zero-order valence-electron chi connectivity index (χ0n) is 11.5. The molecule has 116 valence electrons. The van der Waals surface area contributed by atoms with Crippen molar-refractivity contribution in [2.75, 3.05) is 6.54 Å². The third kappa shape index (κ3) is 6.44. The van der Waals surface area contributed by atoms with Gasteiger partial charge in [-0.1, -0.05) is 13.3 Å². The van der Waals surface area contributed by atoms with Crippen LogP contribution in [0.25, 0.3) is 0 Å². The number of aliphatic carboxylic acids is 1. The molecule has 1 aromatic heterocycles. The highest BCUT2D eigenvalue weighted by atomic mass is 79.9. The van der Waals surface area contributed by atoms with E-state index in [1.807, 2.05) is 6.92 Å². The molecule has 0 fully saturated rings. The van der Waals surface area contributed by atoms with Gasteiger partial charge in [-0.2, -0.15) is 0 Å². The Morgan fingerprint density at radius 3 is 2.62 bits per heavy atom. The summed E-state index contributed by atoms with van der Waals surface area (Å²) in [6, 6.07) is 2.61. The number of rotatable bonds is 8. The van der Waals surface area contributed by atoms with Crippen molar-refractivity contribution < 1.29 is 23.9 Å². The van der Waals surface area contributed by atoms with Crippen LogP contribution in [-0.4, -0.2) is 35.5 Å². The Morgan fingerprint density at radius 1 is 1.38 bits per heavy atom. The predicted octanol–water partition coefficient (Wildman–Crippen LogP) is 1.53. The molecule has 0 spiro atoms. The molecule has 1 atom stereocenters. The van der Waals surface area contributed by atoms with Crippen LogP contribution in [0.2, 0.25) is 0 Å². The van der Waals surface area contributed by atoms with Gasteiger partial charge in [0.2, 0.25) is 5.91 Å². The summed E-state index contributed by atoms with van der Waals surface area (Å²) in [5.41, 5.74) is 0. The SMILES string of the molecule is CCCC(CC(=O)O)NC(=O)CNC(=O)c1ccc(Br)o1. The van der Waals surface area contributed by atoms with E-state index in [9.17, 15) is 14.4 Å². The second kappa shape index (κ2) is 8.46. The van der Waals surface area contributed by atoms with Crippen LogP contribution in [0.15, 0.2) is 21.2 Å². The van der Waals surface area contributed by atoms with E-state index in [0.717, 1.165) is 6.42 Å². The second-order valence-corrected chi connectivity index (χ2v) is 5.22. The van der Waals surface area contributed by atoms with Crippen molar-refractivity contribution in [3.63, 3.8) is 0 Å². The first-order chi connectivity index (χ1) is 9.92. The standard InChI is InChI=1S/C13H17BrN2O5/c1-2-3-8(6-12(18)19)16-11(17)7-15-13(20)9-4-5-10(14)21-9/h4-5,8H,2-3,6-7H2,1H3,(H,15,20)(H,16,17)(H,18,19). The summed E-state index contributed by atoms with van der Waals surface area (Å²) in [5, 5.41) is 13.7. The van der Waals surface area contributed by atoms with Crippen molar-refractivity contribution in [1.29, 1.82) is 0 Å². The van der Waals surface area contributed by atoms with Crippen molar-refractivity contribution in [2.45, 2.75) is 32.2 Å². The zero-order valence-corrected chi connectivity index (χ0v) is 13.1. The molecule has 3 N–H and O–H groups in total. The normalized spacial score (nSPS) is 11.7. The third-order valence-electron chi connectivity index (χ3n) is 2.63. The lowest BCUT2D eigenvalue weighted by Crippen LogP contribution is -2.42. The van der Waals surface area contributed by atoms with E-state index in [2.05, 4.69) is 26.6 Å². The number of carboxylic acid groups (broad SMARTS) is 1. The second-order valence-electron chi connectivity index (χ2n) is 4.44. The monoisotopic (exact) mass is 360 g/mol. The van der Waals surface area contributed by atoms with Crippen LogP contribution in [-0.2, 0) is 9.59 Å². The molecule has 1 heterocycles. The molecular formula is C13H17BrN2O5. The quantitative estimate of drug-likeness (QED) is 0.651. The number of hydrogen-bond acceptors (Lipinski definition) is 4. The van der Waals surface area contributed by atoms with Gasteiger partial charge < -0.3 is 20.2 Å². The lowest BCUT2D eigenvalue weighted by atomic mass is 10.1. The molecule has 1 rings (SSSR count). The Morgan fingerprint density at radius 2 is 2.10 bits per heavy atom. The lowest BCUT2D eigenvalue weighted by molar-refractivity contribution is -0.137. The van der Waals surface area contributed by atoms with Crippen molar-refractivity contribution >= 4 is 33.7 Å². The van der Waals surface area contributed by atoms with Gasteiger partial charge in [0.25, 0.3) is 5.91 Å². The van der Waals surface area contributed by atoms with Gasteiger partial charge in [-0.3, -0.25) is 14.4 Å². The van der Waals surface area contributed by atoms with Gasteiger partial charge in [-0.05, 0) is 34.5 Å². The number of carbonyl (C=O) groups excluding carboxylic acids is 2. The minimum atomic E-state index is -0.974. The molecule has 0 bridgehead atoms. The van der Waals surface area contributed by atoms with Crippen molar-refractivity contribution in [3.8, 4) is 0 Å². The molecule has 2 amide bonds. The van der Waals surface area contributed by atoms with Crippen LogP contribution in [0.5, 0.6) is 0 Å². The van der Waals surface area contributed by atoms with Crippen LogP contribution in [0.4, 0.5) is 0 Å². The summed E-state index contributed by atoms with van der Waals surface area (Å²) in [6.07, 6.45) is 1.18. The number of hydrogen-bond donors (Lipinski definition) is 3. The highest BCUT2D eigenvalue weighted by Crippen LogP contribution is 2.13. The molecule has 21 heavy (non-hydrogen) atoms. The molecule has 0 aliphatic carbocycles. The molecule has 0 saturated heterocycles. The maximum Gasteiger partial charge on any atom is 0.305 e. The molecule has 8 heteroatoms. The molecule has 0 radical (unpaired) electrons. The van der Waals surface area contributed by atoms with Crippen LogP contribution >= 0.6 is 15.9 Å². The Bertz CT molecular complexity index is 514. The predicted molar refractivity (Wildman–Crippen MR) is 77.8 cm³/mol. The largest absolute Gasteiger partial charge is 0.481 e. The van der Waals surface area contributed by atoms with Crippen molar-refractivity contribution in [1.82, 2.24) is 10.6 Å². The number of carboxylic acids is 1. The Kier molecular flexibility index (Phi) is 6.93. The fourth-order valence-electron chi connectivity index (χ4n) is 1.75. The first kappa shape index (κ1) is 17.2. The summed E-state index contributed by atoms with van der Waals surface area (Å²) >= 11 is 3.07. The summed E-state index contributed by atoms with van der Waals surface area (Å²) in [4.78, 5) is 34.0. The Labute approximate surface area is 130 Å². The van der Waals surface area contributed by atoms with Crippen LogP contribution in [0.3, 0.4) is 0 Å². The fourth-order valence-corrected chi connectivity index (χ4v) is 2.05. The van der Waals surface area contributed by atoms with Gasteiger partial charge in [0.05, 0.1) is 13.0 Å². The fraction of sp³-hybridized carbons (Fsp3) is 0.462. The third-order valence-corrected chi connectivity index (χ3v) is 3.06. The molecular weight excluding hydrogens is 344 g/mol. The Hall–Kier alpha value is -1.83. The molecule has 0 aliphatic heterocycles. The summed E-state index contributed by atoms with van der Waals surface area (Å²) in [7, 11) is 0. The van der Waals surface area contributed by atoms with Crippen LogP contribution in [0, 0.1) is 0 Å². The van der Waals surface area contributed by atoms with Crippen LogP contribution < -0.4 is 10.6 Å². The number of furan rings is 1. The molecule has 0 saturated carbocycles. The lowest BCUT2D eigenvalue weighted by Gasteiger charge is -2.16. The minimum absolute atomic E-state index is 0.0883. The van der Waals surface area contributed by atoms with E-state index in [4.69, 9.17) is 9.52 Å². The highest BCUT2D eigenvalue weighted by molar-refractivity contribution is 9.10. The Balaban J connectivity index is 2.41. The zero-order chi connectivity index (χ0) is 15.8. The average molecular weight is 361 g/mol. The molecule has 7 nitrogen and oxygen atoms in total. The van der Waals surface area contributed by atoms with Gasteiger partial charge >= 0.3 is 5.97 Å². The van der Waals surface area contributed by atoms with Gasteiger partial charge in [-0.25, -0.2) is 0 Å². The van der Waals surface area contributed by atoms with E-state index >= 15 is 0 Å². The molecule has 1 unspecified atom stereocenters. The van der Waals surface area contributed by atoms with E-state index < -0.39 is 23.8 Å². The number of nitrogens with one attached hydrogen (secondary N) is 2. The first-order valence-electron chi connectivity index (χ1n) is 6.47. The van der Waals surface area contributed by atoms with E-state index in [1.54, 1.807) is 6.07 Å². The van der Waals surface area contributed by atoms with E-state index in [0.29, 0.717) is 11.1 Å². The van der Waals surface area contributed by atoms with E-state index in [1.165, 1.54) is 6.07 Å². The minimum Gasteiger partial charge on any atom is -0.481 e. The molecule has 1 aromatic rings. The summed E-state index contributed by atoms with van der Waals surface area (Å²) in [6.45, 7) is 1.66. The maximum absolute atomic E-state index is 11.7. The highest BCUT2D eigenvalue weighted by Gasteiger charge is 2.16. The van der Waals surface area contributed by atoms with Gasteiger partial charge in [0.1, 0.15) is 0 Å².